The lowest BCUT2D eigenvalue weighted by Gasteiger charge is -2.39. The number of nitrogens with one attached hydrogen (secondary N) is 1. The van der Waals surface area contributed by atoms with E-state index in [-0.39, 0.29) is 23.3 Å². The van der Waals surface area contributed by atoms with E-state index in [4.69, 9.17) is 0 Å². The van der Waals surface area contributed by atoms with Crippen LogP contribution in [0.15, 0.2) is 36.7 Å². The van der Waals surface area contributed by atoms with Crippen molar-refractivity contribution in [1.29, 1.82) is 0 Å². The van der Waals surface area contributed by atoms with Crippen molar-refractivity contribution >= 4 is 16.6 Å². The molecule has 9 heteroatoms. The van der Waals surface area contributed by atoms with Gasteiger partial charge in [-0.2, -0.15) is 13.2 Å². The van der Waals surface area contributed by atoms with Gasteiger partial charge < -0.3 is 15.5 Å². The van der Waals surface area contributed by atoms with Crippen molar-refractivity contribution in [2.75, 3.05) is 11.9 Å². The van der Waals surface area contributed by atoms with Crippen LogP contribution in [-0.4, -0.2) is 38.0 Å². The highest BCUT2D eigenvalue weighted by Crippen LogP contribution is 2.39. The van der Waals surface area contributed by atoms with Gasteiger partial charge in [0.2, 0.25) is 0 Å². The average molecular weight is 404 g/mol. The molecule has 0 amide bonds. The van der Waals surface area contributed by atoms with Gasteiger partial charge in [-0.05, 0) is 42.5 Å². The Hall–Kier alpha value is -2.94. The molecule has 1 fully saturated rings. The molecule has 0 spiro atoms. The van der Waals surface area contributed by atoms with Crippen molar-refractivity contribution in [3.63, 3.8) is 0 Å². The number of alkyl halides is 3. The number of pyridine rings is 1. The molecule has 1 aliphatic rings. The monoisotopic (exact) mass is 404 g/mol. The topological polar surface area (TPSA) is 91.2 Å². The van der Waals surface area contributed by atoms with E-state index in [1.165, 1.54) is 6.07 Å². The smallest absolute Gasteiger partial charge is 0.416 e. The van der Waals surface area contributed by atoms with Gasteiger partial charge >= 0.3 is 6.18 Å². The molecule has 0 saturated heterocycles. The molecule has 1 unspecified atom stereocenters. The number of rotatable bonds is 4. The third-order valence-corrected chi connectivity index (χ3v) is 5.59. The van der Waals surface area contributed by atoms with Crippen LogP contribution in [0.2, 0.25) is 0 Å². The molecule has 2 aromatic heterocycles. The van der Waals surface area contributed by atoms with Gasteiger partial charge in [-0.1, -0.05) is 6.92 Å². The van der Waals surface area contributed by atoms with E-state index >= 15 is 0 Å². The van der Waals surface area contributed by atoms with E-state index in [0.29, 0.717) is 35.1 Å². The van der Waals surface area contributed by atoms with Crippen LogP contribution >= 0.6 is 0 Å². The van der Waals surface area contributed by atoms with Crippen LogP contribution in [0.1, 0.15) is 18.9 Å². The first-order chi connectivity index (χ1) is 13.8. The van der Waals surface area contributed by atoms with E-state index in [9.17, 15) is 23.4 Å². The van der Waals surface area contributed by atoms with Crippen LogP contribution in [0.3, 0.4) is 0 Å². The Bertz CT molecular complexity index is 1060. The fourth-order valence-electron chi connectivity index (χ4n) is 3.59. The van der Waals surface area contributed by atoms with Gasteiger partial charge in [0.1, 0.15) is 11.4 Å². The number of hydrogen-bond acceptors (Lipinski definition) is 6. The molecule has 1 aliphatic carbocycles. The number of anilines is 1. The van der Waals surface area contributed by atoms with Crippen LogP contribution in [0.5, 0.6) is 5.75 Å². The number of aromatic hydroxyl groups is 1. The second-order valence-electron chi connectivity index (χ2n) is 7.35. The molecule has 4 rings (SSSR count). The van der Waals surface area contributed by atoms with Gasteiger partial charge in [0.25, 0.3) is 0 Å². The molecule has 6 nitrogen and oxygen atoms in total. The van der Waals surface area contributed by atoms with Gasteiger partial charge in [0.15, 0.2) is 5.82 Å². The standard InChI is InChI=1S/C20H19F3N4O2/c1-10-11(6-16(10)28)8-25-19-15-9-24-5-4-13(15)18(26-27-19)14-3-2-12(7-17(14)29)20(21,22)23/h2-5,7,9-11,16,28-29H,6,8H2,1H3,(H,25,27)/t10?,11-,16-/m0/s1. The molecule has 1 aromatic carbocycles. The first kappa shape index (κ1) is 19.4. The second kappa shape index (κ2) is 7.14. The SMILES string of the molecule is CC1[C@H](CNc2nnc(-c3ccc(C(F)(F)F)cc3O)c3ccncc23)C[C@@H]1O. The Morgan fingerprint density at radius 3 is 2.62 bits per heavy atom. The number of fused-ring (bicyclic) bond motifs is 1. The van der Waals surface area contributed by atoms with Gasteiger partial charge in [0, 0.05) is 35.3 Å². The second-order valence-corrected chi connectivity index (χ2v) is 7.35. The number of aliphatic hydroxyl groups is 1. The summed E-state index contributed by atoms with van der Waals surface area (Å²) in [5.74, 6) is 0.488. The fraction of sp³-hybridized carbons (Fsp3) is 0.350. The third kappa shape index (κ3) is 3.57. The number of aromatic nitrogens is 3. The number of halogens is 3. The van der Waals surface area contributed by atoms with Crippen molar-refractivity contribution in [2.24, 2.45) is 11.8 Å². The zero-order valence-electron chi connectivity index (χ0n) is 15.5. The van der Waals surface area contributed by atoms with E-state index in [0.717, 1.165) is 12.5 Å². The summed E-state index contributed by atoms with van der Waals surface area (Å²) in [5, 5.41) is 32.6. The molecular formula is C20H19F3N4O2. The van der Waals surface area contributed by atoms with Gasteiger partial charge in [-0.25, -0.2) is 0 Å². The highest BCUT2D eigenvalue weighted by Gasteiger charge is 2.36. The molecule has 29 heavy (non-hydrogen) atoms. The zero-order valence-corrected chi connectivity index (χ0v) is 15.5. The average Bonchev–Trinajstić information content (AvgIpc) is 2.70. The molecular weight excluding hydrogens is 385 g/mol. The summed E-state index contributed by atoms with van der Waals surface area (Å²) in [7, 11) is 0. The minimum Gasteiger partial charge on any atom is -0.507 e. The predicted octanol–water partition coefficient (Wildman–Crippen LogP) is 3.85. The highest BCUT2D eigenvalue weighted by atomic mass is 19.4. The normalized spacial score (nSPS) is 21.8. The molecule has 152 valence electrons. The summed E-state index contributed by atoms with van der Waals surface area (Å²) in [6.45, 7) is 2.60. The minimum atomic E-state index is -4.55. The van der Waals surface area contributed by atoms with Gasteiger partial charge in [0.05, 0.1) is 11.7 Å². The number of benzene rings is 1. The lowest BCUT2D eigenvalue weighted by atomic mass is 9.72. The zero-order chi connectivity index (χ0) is 20.8. The Morgan fingerprint density at radius 2 is 1.97 bits per heavy atom. The molecule has 1 saturated carbocycles. The van der Waals surface area contributed by atoms with Crippen molar-refractivity contribution in [3.8, 4) is 17.0 Å². The van der Waals surface area contributed by atoms with Crippen LogP contribution in [-0.2, 0) is 6.18 Å². The quantitative estimate of drug-likeness (QED) is 0.612. The largest absolute Gasteiger partial charge is 0.507 e. The van der Waals surface area contributed by atoms with Crippen LogP contribution < -0.4 is 5.32 Å². The Labute approximate surface area is 164 Å². The van der Waals surface area contributed by atoms with Crippen LogP contribution in [0.25, 0.3) is 22.0 Å². The number of hydrogen-bond donors (Lipinski definition) is 3. The summed E-state index contributed by atoms with van der Waals surface area (Å²) >= 11 is 0. The summed E-state index contributed by atoms with van der Waals surface area (Å²) in [6.07, 6.45) is -0.974. The predicted molar refractivity (Wildman–Crippen MR) is 101 cm³/mol. The maximum Gasteiger partial charge on any atom is 0.416 e. The third-order valence-electron chi connectivity index (χ3n) is 5.59. The Morgan fingerprint density at radius 1 is 1.17 bits per heavy atom. The maximum absolute atomic E-state index is 12.9. The molecule has 3 N–H and O–H groups in total. The number of phenolic OH excluding ortho intramolecular Hbond substituents is 1. The lowest BCUT2D eigenvalue weighted by molar-refractivity contribution is -0.137. The van der Waals surface area contributed by atoms with E-state index in [1.807, 2.05) is 6.92 Å². The molecule has 0 aliphatic heterocycles. The van der Waals surface area contributed by atoms with Crippen molar-refractivity contribution in [1.82, 2.24) is 15.2 Å². The Kier molecular flexibility index (Phi) is 4.77. The highest BCUT2D eigenvalue weighted by molar-refractivity contribution is 6.00. The minimum absolute atomic E-state index is 0.156. The summed E-state index contributed by atoms with van der Waals surface area (Å²) in [5.41, 5.74) is -0.511. The van der Waals surface area contributed by atoms with E-state index in [1.54, 1.807) is 18.5 Å². The van der Waals surface area contributed by atoms with Crippen LogP contribution in [0.4, 0.5) is 19.0 Å². The van der Waals surface area contributed by atoms with Crippen molar-refractivity contribution in [3.05, 3.63) is 42.2 Å². The van der Waals surface area contributed by atoms with Gasteiger partial charge in [-0.15, -0.1) is 10.2 Å². The van der Waals surface area contributed by atoms with E-state index in [2.05, 4.69) is 20.5 Å². The fourth-order valence-corrected chi connectivity index (χ4v) is 3.59. The maximum atomic E-state index is 12.9. The summed E-state index contributed by atoms with van der Waals surface area (Å²) in [4.78, 5) is 4.11. The van der Waals surface area contributed by atoms with Gasteiger partial charge in [-0.3, -0.25) is 4.98 Å². The Balaban J connectivity index is 1.69. The molecule has 0 radical (unpaired) electrons. The van der Waals surface area contributed by atoms with Crippen molar-refractivity contribution < 1.29 is 23.4 Å². The molecule has 3 atom stereocenters. The van der Waals surface area contributed by atoms with Crippen molar-refractivity contribution in [2.45, 2.75) is 25.6 Å². The molecule has 0 bridgehead atoms. The number of phenols is 1. The summed E-state index contributed by atoms with van der Waals surface area (Å²) in [6, 6.07) is 4.45. The first-order valence-electron chi connectivity index (χ1n) is 9.18. The molecule has 3 aromatic rings. The number of aliphatic hydroxyl groups excluding tert-OH is 1. The van der Waals surface area contributed by atoms with Crippen LogP contribution in [0, 0.1) is 11.8 Å². The van der Waals surface area contributed by atoms with E-state index < -0.39 is 17.5 Å². The molecule has 2 heterocycles. The summed E-state index contributed by atoms with van der Waals surface area (Å²) < 4.78 is 38.6. The number of nitrogens with zero attached hydrogens (tertiary/aromatic N) is 3. The lowest BCUT2D eigenvalue weighted by Crippen LogP contribution is -2.42. The first-order valence-corrected chi connectivity index (χ1v) is 9.18.